The van der Waals surface area contributed by atoms with Crippen molar-refractivity contribution >= 4 is 6.21 Å². The van der Waals surface area contributed by atoms with Crippen molar-refractivity contribution in [2.45, 2.75) is 50.7 Å². The molecule has 21 heavy (non-hydrogen) atoms. The highest BCUT2D eigenvalue weighted by atomic mass is 16.5. The van der Waals surface area contributed by atoms with Gasteiger partial charge < -0.3 is 10.1 Å². The maximum Gasteiger partial charge on any atom is 0.0830 e. The summed E-state index contributed by atoms with van der Waals surface area (Å²) in [5, 5.41) is 7.39. The van der Waals surface area contributed by atoms with Gasteiger partial charge in [-0.05, 0) is 55.9 Å². The molecule has 112 valence electrons. The molecule has 1 aliphatic heterocycles. The average Bonchev–Trinajstić information content (AvgIpc) is 2.93. The lowest BCUT2D eigenvalue weighted by atomic mass is 9.71. The van der Waals surface area contributed by atoms with Crippen LogP contribution in [0.15, 0.2) is 36.0 Å². The van der Waals surface area contributed by atoms with E-state index in [4.69, 9.17) is 10.1 Å². The summed E-state index contributed by atoms with van der Waals surface area (Å²) < 4.78 is 6.24. The van der Waals surface area contributed by atoms with E-state index in [9.17, 15) is 0 Å². The Morgan fingerprint density at radius 3 is 2.76 bits per heavy atom. The molecule has 4 rings (SSSR count). The molecule has 0 amide bonds. The Labute approximate surface area is 127 Å². The third kappa shape index (κ3) is 2.44. The maximum absolute atomic E-state index is 7.39. The van der Waals surface area contributed by atoms with Crippen molar-refractivity contribution in [1.29, 1.82) is 5.41 Å². The molecule has 0 bridgehead atoms. The first-order chi connectivity index (χ1) is 10.3. The molecule has 1 N–H and O–H groups in total. The van der Waals surface area contributed by atoms with Crippen LogP contribution in [0.1, 0.15) is 38.5 Å². The van der Waals surface area contributed by atoms with Gasteiger partial charge in [-0.1, -0.05) is 30.4 Å². The van der Waals surface area contributed by atoms with Crippen molar-refractivity contribution in [1.82, 2.24) is 0 Å². The zero-order valence-corrected chi connectivity index (χ0v) is 12.6. The third-order valence-corrected chi connectivity index (χ3v) is 5.85. The van der Waals surface area contributed by atoms with E-state index in [-0.39, 0.29) is 0 Å². The number of fused-ring (bicyclic) bond motifs is 3. The molecule has 1 saturated heterocycles. The second kappa shape index (κ2) is 5.57. The molecule has 2 nitrogen and oxygen atoms in total. The summed E-state index contributed by atoms with van der Waals surface area (Å²) in [6.07, 6.45) is 21.6. The van der Waals surface area contributed by atoms with E-state index < -0.39 is 0 Å². The molecule has 0 radical (unpaired) electrons. The summed E-state index contributed by atoms with van der Waals surface area (Å²) >= 11 is 0. The van der Waals surface area contributed by atoms with Crippen LogP contribution in [0, 0.1) is 29.1 Å². The second-order valence-electron chi connectivity index (χ2n) is 7.07. The maximum atomic E-state index is 7.39. The fraction of sp³-hybridized carbons (Fsp3) is 0.632. The van der Waals surface area contributed by atoms with Gasteiger partial charge in [0.1, 0.15) is 0 Å². The van der Waals surface area contributed by atoms with Crippen molar-refractivity contribution in [2.24, 2.45) is 23.7 Å². The number of ether oxygens (including phenoxy) is 1. The van der Waals surface area contributed by atoms with E-state index in [2.05, 4.69) is 30.4 Å². The van der Waals surface area contributed by atoms with Gasteiger partial charge in [-0.25, -0.2) is 0 Å². The Hall–Kier alpha value is -1.15. The standard InChI is InChI=1S/C19H25NO/c20-12-13-5-7-14(8-6-13)15-9-10-19-17(11-15)16-3-1-2-4-18(16)21-19/h3,5,7,9-10,12-15,17-20H,1-2,4,6,8,11H2. The summed E-state index contributed by atoms with van der Waals surface area (Å²) in [6.45, 7) is 0. The minimum absolute atomic E-state index is 0.345. The van der Waals surface area contributed by atoms with Crippen LogP contribution < -0.4 is 0 Å². The fourth-order valence-electron chi connectivity index (χ4n) is 4.63. The molecule has 0 aromatic rings. The number of nitrogens with one attached hydrogen (secondary N) is 1. The van der Waals surface area contributed by atoms with Crippen molar-refractivity contribution in [3.05, 3.63) is 36.0 Å². The van der Waals surface area contributed by atoms with Crippen LogP contribution in [0.2, 0.25) is 0 Å². The molecule has 0 aromatic carbocycles. The average molecular weight is 283 g/mol. The number of rotatable bonds is 2. The molecule has 2 heteroatoms. The van der Waals surface area contributed by atoms with Gasteiger partial charge in [-0.2, -0.15) is 0 Å². The van der Waals surface area contributed by atoms with Crippen molar-refractivity contribution in [3.63, 3.8) is 0 Å². The summed E-state index contributed by atoms with van der Waals surface area (Å²) in [7, 11) is 0. The lowest BCUT2D eigenvalue weighted by Gasteiger charge is -2.33. The van der Waals surface area contributed by atoms with Crippen LogP contribution in [0.3, 0.4) is 0 Å². The molecular weight excluding hydrogens is 258 g/mol. The smallest absolute Gasteiger partial charge is 0.0830 e. The number of allylic oxidation sites excluding steroid dienone is 4. The molecule has 1 fully saturated rings. The molecule has 0 aromatic heterocycles. The molecule has 4 aliphatic rings. The normalized spacial score (nSPS) is 44.9. The van der Waals surface area contributed by atoms with Crippen LogP contribution >= 0.6 is 0 Å². The SMILES string of the molecule is N=CC1C=CC(C2C=CC3OC4CCCC=C4C3C2)CC1. The van der Waals surface area contributed by atoms with Gasteiger partial charge in [0.2, 0.25) is 0 Å². The summed E-state index contributed by atoms with van der Waals surface area (Å²) in [5.41, 5.74) is 1.61. The monoisotopic (exact) mass is 283 g/mol. The van der Waals surface area contributed by atoms with Crippen LogP contribution in [-0.4, -0.2) is 18.4 Å². The minimum Gasteiger partial charge on any atom is -0.366 e. The zero-order chi connectivity index (χ0) is 14.2. The lowest BCUT2D eigenvalue weighted by Crippen LogP contribution is -2.27. The largest absolute Gasteiger partial charge is 0.366 e. The van der Waals surface area contributed by atoms with Gasteiger partial charge in [0, 0.05) is 18.1 Å². The Kier molecular flexibility index (Phi) is 3.58. The highest BCUT2D eigenvalue weighted by Gasteiger charge is 2.42. The van der Waals surface area contributed by atoms with E-state index in [1.165, 1.54) is 32.1 Å². The lowest BCUT2D eigenvalue weighted by molar-refractivity contribution is 0.0539. The van der Waals surface area contributed by atoms with Crippen molar-refractivity contribution in [2.75, 3.05) is 0 Å². The highest BCUT2D eigenvalue weighted by Crippen LogP contribution is 2.46. The van der Waals surface area contributed by atoms with Crippen LogP contribution in [-0.2, 0) is 4.74 Å². The van der Waals surface area contributed by atoms with Gasteiger partial charge in [-0.15, -0.1) is 0 Å². The summed E-state index contributed by atoms with van der Waals surface area (Å²) in [6, 6.07) is 0. The third-order valence-electron chi connectivity index (χ3n) is 5.85. The Balaban J connectivity index is 1.50. The van der Waals surface area contributed by atoms with E-state index >= 15 is 0 Å². The van der Waals surface area contributed by atoms with Crippen molar-refractivity contribution in [3.8, 4) is 0 Å². The van der Waals surface area contributed by atoms with Gasteiger partial charge >= 0.3 is 0 Å². The first-order valence-electron chi connectivity index (χ1n) is 8.58. The molecule has 6 atom stereocenters. The predicted molar refractivity (Wildman–Crippen MR) is 85.5 cm³/mol. The Morgan fingerprint density at radius 1 is 1.05 bits per heavy atom. The van der Waals surface area contributed by atoms with Crippen molar-refractivity contribution < 1.29 is 4.74 Å². The van der Waals surface area contributed by atoms with Gasteiger partial charge in [0.15, 0.2) is 0 Å². The molecular formula is C19H25NO. The second-order valence-corrected chi connectivity index (χ2v) is 7.07. The van der Waals surface area contributed by atoms with Gasteiger partial charge in [-0.3, -0.25) is 0 Å². The molecule has 0 saturated carbocycles. The fourth-order valence-corrected chi connectivity index (χ4v) is 4.63. The predicted octanol–water partition coefficient (Wildman–Crippen LogP) is 4.29. The zero-order valence-electron chi connectivity index (χ0n) is 12.6. The number of hydrogen-bond donors (Lipinski definition) is 1. The summed E-state index contributed by atoms with van der Waals surface area (Å²) in [4.78, 5) is 0. The minimum atomic E-state index is 0.345. The first-order valence-corrected chi connectivity index (χ1v) is 8.58. The molecule has 3 aliphatic carbocycles. The molecule has 6 unspecified atom stereocenters. The van der Waals surface area contributed by atoms with E-state index in [1.54, 1.807) is 11.8 Å². The Bertz CT molecular complexity index is 504. The van der Waals surface area contributed by atoms with Gasteiger partial charge in [0.25, 0.3) is 0 Å². The van der Waals surface area contributed by atoms with E-state index in [1.807, 2.05) is 0 Å². The number of hydrogen-bond acceptors (Lipinski definition) is 2. The van der Waals surface area contributed by atoms with Crippen LogP contribution in [0.25, 0.3) is 0 Å². The first kappa shape index (κ1) is 13.5. The Morgan fingerprint density at radius 2 is 1.95 bits per heavy atom. The quantitative estimate of drug-likeness (QED) is 0.595. The van der Waals surface area contributed by atoms with Crippen LogP contribution in [0.4, 0.5) is 0 Å². The highest BCUT2D eigenvalue weighted by molar-refractivity contribution is 5.59. The topological polar surface area (TPSA) is 33.1 Å². The van der Waals surface area contributed by atoms with E-state index in [0.717, 1.165) is 6.42 Å². The van der Waals surface area contributed by atoms with Gasteiger partial charge in [0.05, 0.1) is 12.2 Å². The van der Waals surface area contributed by atoms with Crippen LogP contribution in [0.5, 0.6) is 0 Å². The molecule has 0 spiro atoms. The summed E-state index contributed by atoms with van der Waals surface area (Å²) in [5.74, 6) is 2.35. The van der Waals surface area contributed by atoms with E-state index in [0.29, 0.717) is 35.9 Å². The molecule has 1 heterocycles.